The molecule has 1 aliphatic carbocycles. The highest BCUT2D eigenvalue weighted by atomic mass is 16.6. The maximum atomic E-state index is 11.6. The van der Waals surface area contributed by atoms with Crippen molar-refractivity contribution >= 4 is 12.4 Å². The summed E-state index contributed by atoms with van der Waals surface area (Å²) in [6.07, 6.45) is 5.27. The van der Waals surface area contributed by atoms with Crippen LogP contribution in [0, 0.1) is 0 Å². The molecule has 0 bridgehead atoms. The van der Waals surface area contributed by atoms with E-state index in [2.05, 4.69) is 10.4 Å². The van der Waals surface area contributed by atoms with Crippen LogP contribution in [0.15, 0.2) is 12.4 Å². The van der Waals surface area contributed by atoms with Gasteiger partial charge >= 0.3 is 6.09 Å². The predicted molar refractivity (Wildman–Crippen MR) is 69.0 cm³/mol. The van der Waals surface area contributed by atoms with E-state index in [1.165, 1.54) is 0 Å². The predicted octanol–water partition coefficient (Wildman–Crippen LogP) is 1.92. The highest BCUT2D eigenvalue weighted by molar-refractivity contribution is 5.73. The number of rotatable bonds is 3. The molecule has 1 aromatic rings. The average Bonchev–Trinajstić information content (AvgIpc) is 2.68. The van der Waals surface area contributed by atoms with Crippen LogP contribution >= 0.6 is 0 Å². The molecule has 0 aliphatic heterocycles. The van der Waals surface area contributed by atoms with Crippen LogP contribution in [-0.4, -0.2) is 33.8 Å². The largest absolute Gasteiger partial charge is 0.444 e. The molecule has 1 heterocycles. The fraction of sp³-hybridized carbons (Fsp3) is 0.615. The number of aldehydes is 1. The van der Waals surface area contributed by atoms with Crippen molar-refractivity contribution in [2.45, 2.75) is 51.3 Å². The van der Waals surface area contributed by atoms with Gasteiger partial charge in [0, 0.05) is 12.2 Å². The first kappa shape index (κ1) is 13.6. The number of carbonyl (C=O) groups is 2. The summed E-state index contributed by atoms with van der Waals surface area (Å²) < 4.78 is 6.96. The number of hydrogen-bond acceptors (Lipinski definition) is 4. The fourth-order valence-corrected chi connectivity index (χ4v) is 2.01. The molecule has 1 aromatic heterocycles. The van der Waals surface area contributed by atoms with Crippen LogP contribution in [-0.2, 0) is 4.74 Å². The van der Waals surface area contributed by atoms with E-state index in [-0.39, 0.29) is 18.2 Å². The first-order valence-corrected chi connectivity index (χ1v) is 6.36. The molecule has 0 atom stereocenters. The third-order valence-corrected chi connectivity index (χ3v) is 2.97. The van der Waals surface area contributed by atoms with E-state index in [9.17, 15) is 9.59 Å². The maximum Gasteiger partial charge on any atom is 0.407 e. The quantitative estimate of drug-likeness (QED) is 0.847. The Labute approximate surface area is 112 Å². The smallest absolute Gasteiger partial charge is 0.407 e. The van der Waals surface area contributed by atoms with E-state index in [4.69, 9.17) is 4.74 Å². The third-order valence-electron chi connectivity index (χ3n) is 2.97. The summed E-state index contributed by atoms with van der Waals surface area (Å²) in [5.41, 5.74) is 0.0946. The molecule has 0 saturated heterocycles. The van der Waals surface area contributed by atoms with Crippen molar-refractivity contribution < 1.29 is 14.3 Å². The van der Waals surface area contributed by atoms with Crippen LogP contribution < -0.4 is 5.32 Å². The minimum Gasteiger partial charge on any atom is -0.444 e. The second kappa shape index (κ2) is 5.03. The average molecular weight is 265 g/mol. The number of nitrogens with zero attached hydrogens (tertiary/aromatic N) is 2. The van der Waals surface area contributed by atoms with E-state index >= 15 is 0 Å². The van der Waals surface area contributed by atoms with Gasteiger partial charge in [-0.2, -0.15) is 5.10 Å². The number of hydrogen-bond donors (Lipinski definition) is 1. The van der Waals surface area contributed by atoms with Crippen LogP contribution in [0.4, 0.5) is 4.79 Å². The molecule has 0 radical (unpaired) electrons. The van der Waals surface area contributed by atoms with Crippen molar-refractivity contribution in [3.63, 3.8) is 0 Å². The summed E-state index contributed by atoms with van der Waals surface area (Å²) >= 11 is 0. The van der Waals surface area contributed by atoms with Gasteiger partial charge in [-0.15, -0.1) is 0 Å². The van der Waals surface area contributed by atoms with E-state index in [1.807, 2.05) is 20.8 Å². The number of ether oxygens (including phenoxy) is 1. The van der Waals surface area contributed by atoms with E-state index in [0.717, 1.165) is 19.1 Å². The number of alkyl carbamates (subject to hydrolysis) is 1. The zero-order valence-corrected chi connectivity index (χ0v) is 11.4. The van der Waals surface area contributed by atoms with Crippen molar-refractivity contribution in [2.24, 2.45) is 0 Å². The Balaban J connectivity index is 1.77. The van der Waals surface area contributed by atoms with Crippen molar-refractivity contribution in [2.75, 3.05) is 0 Å². The van der Waals surface area contributed by atoms with Gasteiger partial charge in [-0.05, 0) is 33.6 Å². The maximum absolute atomic E-state index is 11.6. The lowest BCUT2D eigenvalue weighted by Crippen LogP contribution is -2.46. The summed E-state index contributed by atoms with van der Waals surface area (Å²) in [4.78, 5) is 22.1. The number of aromatic nitrogens is 2. The van der Waals surface area contributed by atoms with E-state index in [0.29, 0.717) is 5.56 Å². The molecule has 6 nitrogen and oxygen atoms in total. The molecule has 1 N–H and O–H groups in total. The Morgan fingerprint density at radius 2 is 2.21 bits per heavy atom. The minimum absolute atomic E-state index is 0.115. The molecule has 0 aromatic carbocycles. The fourth-order valence-electron chi connectivity index (χ4n) is 2.01. The molecule has 19 heavy (non-hydrogen) atoms. The Morgan fingerprint density at radius 1 is 1.53 bits per heavy atom. The van der Waals surface area contributed by atoms with Crippen LogP contribution in [0.3, 0.4) is 0 Å². The molecule has 1 amide bonds. The molecule has 2 rings (SSSR count). The second-order valence-corrected chi connectivity index (χ2v) is 5.84. The third kappa shape index (κ3) is 3.56. The topological polar surface area (TPSA) is 73.2 Å². The molecule has 104 valence electrons. The van der Waals surface area contributed by atoms with Gasteiger partial charge in [0.1, 0.15) is 5.60 Å². The lowest BCUT2D eigenvalue weighted by molar-refractivity contribution is 0.0452. The SMILES string of the molecule is CC(C)(C)OC(=O)N[C@H]1C[C@H](n2cc(C=O)cn2)C1. The summed E-state index contributed by atoms with van der Waals surface area (Å²) in [6.45, 7) is 5.50. The van der Waals surface area contributed by atoms with Gasteiger partial charge < -0.3 is 10.1 Å². The summed E-state index contributed by atoms with van der Waals surface area (Å²) in [6, 6.07) is 0.359. The van der Waals surface area contributed by atoms with Crippen LogP contribution in [0.25, 0.3) is 0 Å². The van der Waals surface area contributed by atoms with Gasteiger partial charge in [-0.1, -0.05) is 0 Å². The molecule has 1 fully saturated rings. The van der Waals surface area contributed by atoms with Crippen molar-refractivity contribution in [1.82, 2.24) is 15.1 Å². The Morgan fingerprint density at radius 3 is 2.74 bits per heavy atom. The molecular formula is C13H19N3O3. The number of carbonyl (C=O) groups excluding carboxylic acids is 2. The van der Waals surface area contributed by atoms with E-state index in [1.54, 1.807) is 17.1 Å². The van der Waals surface area contributed by atoms with Crippen molar-refractivity contribution in [3.8, 4) is 0 Å². The van der Waals surface area contributed by atoms with Gasteiger partial charge in [0.05, 0.1) is 17.8 Å². The number of amides is 1. The lowest BCUT2D eigenvalue weighted by atomic mass is 9.87. The highest BCUT2D eigenvalue weighted by Gasteiger charge is 2.33. The molecule has 1 saturated carbocycles. The van der Waals surface area contributed by atoms with Gasteiger partial charge in [-0.25, -0.2) is 4.79 Å². The Bertz CT molecular complexity index is 470. The second-order valence-electron chi connectivity index (χ2n) is 5.84. The van der Waals surface area contributed by atoms with Gasteiger partial charge in [0.2, 0.25) is 0 Å². The molecule has 6 heteroatoms. The molecule has 0 unspecified atom stereocenters. The first-order valence-electron chi connectivity index (χ1n) is 6.36. The first-order chi connectivity index (χ1) is 8.87. The van der Waals surface area contributed by atoms with Crippen molar-refractivity contribution in [3.05, 3.63) is 18.0 Å². The van der Waals surface area contributed by atoms with Crippen LogP contribution in [0.2, 0.25) is 0 Å². The lowest BCUT2D eigenvalue weighted by Gasteiger charge is -2.36. The van der Waals surface area contributed by atoms with Gasteiger partial charge in [0.25, 0.3) is 0 Å². The van der Waals surface area contributed by atoms with Crippen LogP contribution in [0.5, 0.6) is 0 Å². The zero-order valence-electron chi connectivity index (χ0n) is 11.4. The zero-order chi connectivity index (χ0) is 14.0. The molecular weight excluding hydrogens is 246 g/mol. The van der Waals surface area contributed by atoms with Gasteiger partial charge in [0.15, 0.2) is 6.29 Å². The van der Waals surface area contributed by atoms with E-state index < -0.39 is 5.60 Å². The summed E-state index contributed by atoms with van der Waals surface area (Å²) in [5.74, 6) is 0. The Hall–Kier alpha value is -1.85. The standard InChI is InChI=1S/C13H19N3O3/c1-13(2,3)19-12(18)15-10-4-11(5-10)16-7-9(8-17)6-14-16/h6-8,10-11H,4-5H2,1-3H3,(H,15,18)/t10-,11-. The Kier molecular flexibility index (Phi) is 3.59. The minimum atomic E-state index is -0.478. The monoisotopic (exact) mass is 265 g/mol. The van der Waals surface area contributed by atoms with Crippen molar-refractivity contribution in [1.29, 1.82) is 0 Å². The summed E-state index contributed by atoms with van der Waals surface area (Å²) in [5, 5.41) is 6.95. The molecule has 1 aliphatic rings. The normalized spacial score (nSPS) is 22.5. The summed E-state index contributed by atoms with van der Waals surface area (Å²) in [7, 11) is 0. The van der Waals surface area contributed by atoms with Crippen LogP contribution in [0.1, 0.15) is 50.0 Å². The molecule has 0 spiro atoms. The van der Waals surface area contributed by atoms with Gasteiger partial charge in [-0.3, -0.25) is 9.48 Å². The number of nitrogens with one attached hydrogen (secondary N) is 1. The highest BCUT2D eigenvalue weighted by Crippen LogP contribution is 2.31.